The van der Waals surface area contributed by atoms with Crippen LogP contribution in [0.5, 0.6) is 0 Å². The molecule has 0 aromatic heterocycles. The molecular formula is C16H35NO. The zero-order valence-electron chi connectivity index (χ0n) is 12.9. The summed E-state index contributed by atoms with van der Waals surface area (Å²) in [5.41, 5.74) is 5.68. The summed E-state index contributed by atoms with van der Waals surface area (Å²) in [5.74, 6) is 0.875. The summed E-state index contributed by atoms with van der Waals surface area (Å²) in [7, 11) is 0. The third-order valence-corrected chi connectivity index (χ3v) is 3.41. The van der Waals surface area contributed by atoms with Gasteiger partial charge < -0.3 is 10.5 Å². The van der Waals surface area contributed by atoms with Crippen molar-refractivity contribution in [3.63, 3.8) is 0 Å². The van der Waals surface area contributed by atoms with Gasteiger partial charge in [-0.05, 0) is 18.8 Å². The van der Waals surface area contributed by atoms with Crippen LogP contribution in [0.4, 0.5) is 0 Å². The predicted molar refractivity (Wildman–Crippen MR) is 80.6 cm³/mol. The van der Waals surface area contributed by atoms with Crippen LogP contribution in [0.25, 0.3) is 0 Å². The Balaban J connectivity index is 2.99. The molecule has 0 rings (SSSR count). The number of unbranched alkanes of at least 4 members (excludes halogenated alkanes) is 7. The van der Waals surface area contributed by atoms with E-state index < -0.39 is 0 Å². The first-order valence-electron chi connectivity index (χ1n) is 8.04. The predicted octanol–water partition coefficient (Wildman–Crippen LogP) is 4.86. The maximum atomic E-state index is 5.68. The van der Waals surface area contributed by atoms with Crippen LogP contribution in [0, 0.1) is 5.92 Å². The van der Waals surface area contributed by atoms with Crippen molar-refractivity contribution in [3.8, 4) is 0 Å². The highest BCUT2D eigenvalue weighted by Crippen LogP contribution is 2.12. The SMILES string of the molecule is CCC(N)OCCCCCCCCCCC(C)C. The quantitative estimate of drug-likeness (QED) is 0.377. The van der Waals surface area contributed by atoms with Crippen LogP contribution in [-0.4, -0.2) is 12.8 Å². The number of nitrogens with two attached hydrogens (primary N) is 1. The van der Waals surface area contributed by atoms with Crippen LogP contribution >= 0.6 is 0 Å². The summed E-state index contributed by atoms with van der Waals surface area (Å²) in [6, 6.07) is 0. The van der Waals surface area contributed by atoms with Crippen LogP contribution in [0.1, 0.15) is 85.0 Å². The highest BCUT2D eigenvalue weighted by Gasteiger charge is 1.98. The highest BCUT2D eigenvalue weighted by atomic mass is 16.5. The second-order valence-corrected chi connectivity index (χ2v) is 5.83. The Kier molecular flexibility index (Phi) is 13.3. The van der Waals surface area contributed by atoms with E-state index in [1.807, 2.05) is 0 Å². The van der Waals surface area contributed by atoms with Crippen LogP contribution in [0.15, 0.2) is 0 Å². The van der Waals surface area contributed by atoms with Gasteiger partial charge in [-0.15, -0.1) is 0 Å². The van der Waals surface area contributed by atoms with Gasteiger partial charge in [-0.3, -0.25) is 0 Å². The van der Waals surface area contributed by atoms with Gasteiger partial charge >= 0.3 is 0 Å². The molecule has 0 aromatic carbocycles. The molecule has 0 aromatic rings. The summed E-state index contributed by atoms with van der Waals surface area (Å²) in [6.07, 6.45) is 13.1. The van der Waals surface area contributed by atoms with Gasteiger partial charge in [0.2, 0.25) is 0 Å². The molecular weight excluding hydrogens is 222 g/mol. The molecule has 0 heterocycles. The second-order valence-electron chi connectivity index (χ2n) is 5.83. The second kappa shape index (κ2) is 13.4. The van der Waals surface area contributed by atoms with E-state index in [4.69, 9.17) is 10.5 Å². The Labute approximate surface area is 115 Å². The zero-order valence-corrected chi connectivity index (χ0v) is 12.9. The zero-order chi connectivity index (χ0) is 13.6. The molecule has 0 fully saturated rings. The van der Waals surface area contributed by atoms with Gasteiger partial charge in [-0.1, -0.05) is 72.1 Å². The van der Waals surface area contributed by atoms with Crippen molar-refractivity contribution in [2.24, 2.45) is 11.7 Å². The average molecular weight is 257 g/mol. The third kappa shape index (κ3) is 14.0. The van der Waals surface area contributed by atoms with Gasteiger partial charge in [0, 0.05) is 6.61 Å². The lowest BCUT2D eigenvalue weighted by Crippen LogP contribution is -2.22. The van der Waals surface area contributed by atoms with Gasteiger partial charge in [-0.25, -0.2) is 0 Å². The molecule has 1 atom stereocenters. The lowest BCUT2D eigenvalue weighted by atomic mass is 10.0. The Morgan fingerprint density at radius 2 is 1.33 bits per heavy atom. The highest BCUT2D eigenvalue weighted by molar-refractivity contribution is 4.50. The minimum absolute atomic E-state index is 0.0500. The Bertz CT molecular complexity index is 159. The molecule has 1 unspecified atom stereocenters. The topological polar surface area (TPSA) is 35.2 Å². The lowest BCUT2D eigenvalue weighted by Gasteiger charge is -2.09. The molecule has 0 saturated heterocycles. The van der Waals surface area contributed by atoms with E-state index in [-0.39, 0.29) is 6.23 Å². The summed E-state index contributed by atoms with van der Waals surface area (Å²) < 4.78 is 5.45. The molecule has 2 N–H and O–H groups in total. The first kappa shape index (κ1) is 17.9. The van der Waals surface area contributed by atoms with Crippen molar-refractivity contribution >= 4 is 0 Å². The van der Waals surface area contributed by atoms with Gasteiger partial charge in [0.15, 0.2) is 0 Å². The molecule has 0 radical (unpaired) electrons. The van der Waals surface area contributed by atoms with E-state index in [1.54, 1.807) is 0 Å². The van der Waals surface area contributed by atoms with Crippen molar-refractivity contribution in [1.29, 1.82) is 0 Å². The minimum atomic E-state index is -0.0500. The van der Waals surface area contributed by atoms with Crippen LogP contribution in [0.2, 0.25) is 0 Å². The lowest BCUT2D eigenvalue weighted by molar-refractivity contribution is 0.0526. The van der Waals surface area contributed by atoms with Gasteiger partial charge in [0.25, 0.3) is 0 Å². The van der Waals surface area contributed by atoms with Crippen molar-refractivity contribution in [2.45, 2.75) is 91.2 Å². The summed E-state index contributed by atoms with van der Waals surface area (Å²) in [5, 5.41) is 0. The number of hydrogen-bond acceptors (Lipinski definition) is 2. The Morgan fingerprint density at radius 3 is 1.83 bits per heavy atom. The average Bonchev–Trinajstić information content (AvgIpc) is 2.35. The molecule has 0 aliphatic rings. The fourth-order valence-corrected chi connectivity index (χ4v) is 2.07. The van der Waals surface area contributed by atoms with E-state index in [1.165, 1.54) is 57.8 Å². The number of hydrogen-bond donors (Lipinski definition) is 1. The standard InChI is InChI=1S/C16H35NO/c1-4-16(17)18-14-12-10-8-6-5-7-9-11-13-15(2)3/h15-16H,4-14,17H2,1-3H3. The van der Waals surface area contributed by atoms with Gasteiger partial charge in [-0.2, -0.15) is 0 Å². The molecule has 2 nitrogen and oxygen atoms in total. The third-order valence-electron chi connectivity index (χ3n) is 3.41. The molecule has 110 valence electrons. The van der Waals surface area contributed by atoms with Gasteiger partial charge in [0.1, 0.15) is 6.23 Å². The first-order valence-corrected chi connectivity index (χ1v) is 8.04. The smallest absolute Gasteiger partial charge is 0.105 e. The molecule has 0 amide bonds. The van der Waals surface area contributed by atoms with E-state index >= 15 is 0 Å². The largest absolute Gasteiger partial charge is 0.364 e. The van der Waals surface area contributed by atoms with Crippen molar-refractivity contribution < 1.29 is 4.74 Å². The monoisotopic (exact) mass is 257 g/mol. The van der Waals surface area contributed by atoms with Crippen LogP contribution in [0.3, 0.4) is 0 Å². The first-order chi connectivity index (χ1) is 8.66. The molecule has 0 bridgehead atoms. The summed E-state index contributed by atoms with van der Waals surface area (Å²) >= 11 is 0. The van der Waals surface area contributed by atoms with E-state index in [9.17, 15) is 0 Å². The maximum absolute atomic E-state index is 5.68. The summed E-state index contributed by atoms with van der Waals surface area (Å²) in [6.45, 7) is 7.52. The van der Waals surface area contributed by atoms with E-state index in [0.717, 1.165) is 18.9 Å². The molecule has 2 heteroatoms. The van der Waals surface area contributed by atoms with Crippen molar-refractivity contribution in [3.05, 3.63) is 0 Å². The van der Waals surface area contributed by atoms with Gasteiger partial charge in [0.05, 0.1) is 0 Å². The fourth-order valence-electron chi connectivity index (χ4n) is 2.07. The van der Waals surface area contributed by atoms with Crippen molar-refractivity contribution in [1.82, 2.24) is 0 Å². The maximum Gasteiger partial charge on any atom is 0.105 e. The van der Waals surface area contributed by atoms with E-state index in [0.29, 0.717) is 0 Å². The normalized spacial score (nSPS) is 13.2. The molecule has 0 aliphatic carbocycles. The summed E-state index contributed by atoms with van der Waals surface area (Å²) in [4.78, 5) is 0. The Hall–Kier alpha value is -0.0800. The molecule has 0 spiro atoms. The van der Waals surface area contributed by atoms with Crippen LogP contribution in [-0.2, 0) is 4.74 Å². The molecule has 0 saturated carbocycles. The van der Waals surface area contributed by atoms with E-state index in [2.05, 4.69) is 20.8 Å². The van der Waals surface area contributed by atoms with Crippen LogP contribution < -0.4 is 5.73 Å². The fraction of sp³-hybridized carbons (Fsp3) is 1.00. The Morgan fingerprint density at radius 1 is 0.833 bits per heavy atom. The minimum Gasteiger partial charge on any atom is -0.364 e. The number of rotatable bonds is 13. The molecule has 18 heavy (non-hydrogen) atoms. The molecule has 0 aliphatic heterocycles. The van der Waals surface area contributed by atoms with Crippen molar-refractivity contribution in [2.75, 3.05) is 6.61 Å². The number of ether oxygens (including phenoxy) is 1.